The molecule has 5 aliphatic rings. The van der Waals surface area contributed by atoms with Gasteiger partial charge in [0.2, 0.25) is 0 Å². The van der Waals surface area contributed by atoms with Crippen LogP contribution in [0.1, 0.15) is 64.4 Å². The molecule has 0 unspecified atom stereocenters. The van der Waals surface area contributed by atoms with Gasteiger partial charge in [0, 0.05) is 11.7 Å². The number of rotatable bonds is 4. The van der Waals surface area contributed by atoms with Crippen LogP contribution >= 0.6 is 0 Å². The van der Waals surface area contributed by atoms with E-state index in [1.807, 2.05) is 23.1 Å². The number of fused-ring (bicyclic) bond motifs is 1. The van der Waals surface area contributed by atoms with Gasteiger partial charge in [-0.15, -0.1) is 0 Å². The van der Waals surface area contributed by atoms with Crippen LogP contribution in [0.25, 0.3) is 0 Å². The molecular weight excluding hydrogens is 350 g/mol. The van der Waals surface area contributed by atoms with Crippen LogP contribution in [-0.4, -0.2) is 24.0 Å². The van der Waals surface area contributed by atoms with Gasteiger partial charge in [0.1, 0.15) is 0 Å². The largest absolute Gasteiger partial charge is 0.453 e. The van der Waals surface area contributed by atoms with E-state index in [4.69, 9.17) is 4.74 Å². The Bertz CT molecular complexity index is 766. The van der Waals surface area contributed by atoms with Crippen LogP contribution < -0.4 is 4.90 Å². The van der Waals surface area contributed by atoms with Gasteiger partial charge in [-0.1, -0.05) is 18.2 Å². The number of amides is 1. The third kappa shape index (κ3) is 3.05. The fourth-order valence-electron chi connectivity index (χ4n) is 7.20. The molecule has 4 bridgehead atoms. The molecule has 0 N–H and O–H groups in total. The van der Waals surface area contributed by atoms with E-state index in [0.717, 1.165) is 29.9 Å². The van der Waals surface area contributed by atoms with E-state index in [1.54, 1.807) is 6.92 Å². The molecular formula is C24H31NO3. The molecule has 150 valence electrons. The zero-order chi connectivity index (χ0) is 19.5. The molecule has 28 heavy (non-hydrogen) atoms. The smallest absolute Gasteiger partial charge is 0.307 e. The molecule has 1 amide bonds. The van der Waals surface area contributed by atoms with Crippen molar-refractivity contribution < 1.29 is 14.3 Å². The van der Waals surface area contributed by atoms with E-state index in [0.29, 0.717) is 6.42 Å². The highest BCUT2D eigenvalue weighted by molar-refractivity contribution is 5.99. The SMILES string of the molecule is C[C@@H](OC(=O)CC12CC3CC(CC(C3)C1)C2)C(=O)N1c2ccccc2C[C@@H]1C. The Morgan fingerprint density at radius 2 is 1.71 bits per heavy atom. The van der Waals surface area contributed by atoms with Crippen LogP contribution in [0, 0.1) is 23.2 Å². The molecule has 4 nitrogen and oxygen atoms in total. The van der Waals surface area contributed by atoms with Gasteiger partial charge in [0.05, 0.1) is 6.42 Å². The van der Waals surface area contributed by atoms with Gasteiger partial charge in [-0.2, -0.15) is 0 Å². The number of carbonyl (C=O) groups is 2. The summed E-state index contributed by atoms with van der Waals surface area (Å²) in [5.41, 5.74) is 2.31. The van der Waals surface area contributed by atoms with Crippen molar-refractivity contribution in [1.29, 1.82) is 0 Å². The number of ether oxygens (including phenoxy) is 1. The van der Waals surface area contributed by atoms with Gasteiger partial charge in [0.25, 0.3) is 5.91 Å². The minimum atomic E-state index is -0.727. The van der Waals surface area contributed by atoms with Gasteiger partial charge in [-0.25, -0.2) is 0 Å². The number of hydrogen-bond donors (Lipinski definition) is 0. The van der Waals surface area contributed by atoms with E-state index in [2.05, 4.69) is 13.0 Å². The van der Waals surface area contributed by atoms with Crippen molar-refractivity contribution in [1.82, 2.24) is 0 Å². The monoisotopic (exact) mass is 381 g/mol. The molecule has 4 saturated carbocycles. The number of benzene rings is 1. The first-order chi connectivity index (χ1) is 13.4. The minimum Gasteiger partial charge on any atom is -0.453 e. The quantitative estimate of drug-likeness (QED) is 0.721. The molecule has 1 aliphatic heterocycles. The summed E-state index contributed by atoms with van der Waals surface area (Å²) in [4.78, 5) is 27.7. The molecule has 1 aromatic carbocycles. The van der Waals surface area contributed by atoms with Crippen LogP contribution in [0.4, 0.5) is 5.69 Å². The number of carbonyl (C=O) groups excluding carboxylic acids is 2. The van der Waals surface area contributed by atoms with Gasteiger partial charge < -0.3 is 9.64 Å². The first-order valence-electron chi connectivity index (χ1n) is 11.0. The fraction of sp³-hybridized carbons (Fsp3) is 0.667. The Hall–Kier alpha value is -1.84. The minimum absolute atomic E-state index is 0.101. The first kappa shape index (κ1) is 18.2. The maximum atomic E-state index is 13.1. The Balaban J connectivity index is 1.24. The number of hydrogen-bond acceptors (Lipinski definition) is 3. The lowest BCUT2D eigenvalue weighted by Gasteiger charge is -2.56. The number of para-hydroxylation sites is 1. The third-order valence-corrected chi connectivity index (χ3v) is 7.79. The maximum absolute atomic E-state index is 13.1. The lowest BCUT2D eigenvalue weighted by atomic mass is 9.49. The summed E-state index contributed by atoms with van der Waals surface area (Å²) in [6, 6.07) is 8.13. The molecule has 0 saturated heterocycles. The lowest BCUT2D eigenvalue weighted by molar-refractivity contribution is -0.160. The summed E-state index contributed by atoms with van der Waals surface area (Å²) in [6.45, 7) is 3.79. The van der Waals surface area contributed by atoms with Crippen molar-refractivity contribution in [2.24, 2.45) is 23.2 Å². The zero-order valence-electron chi connectivity index (χ0n) is 17.0. The highest BCUT2D eigenvalue weighted by atomic mass is 16.5. The number of esters is 1. The molecule has 4 fully saturated rings. The predicted octanol–water partition coefficient (Wildman–Crippen LogP) is 4.50. The predicted molar refractivity (Wildman–Crippen MR) is 108 cm³/mol. The van der Waals surface area contributed by atoms with Crippen molar-refractivity contribution in [2.75, 3.05) is 4.90 Å². The second-order valence-corrected chi connectivity index (χ2v) is 10.1. The molecule has 1 heterocycles. The van der Waals surface area contributed by atoms with Crippen molar-refractivity contribution in [2.45, 2.75) is 77.4 Å². The Morgan fingerprint density at radius 3 is 2.36 bits per heavy atom. The highest BCUT2D eigenvalue weighted by Crippen LogP contribution is 2.61. The Morgan fingerprint density at radius 1 is 1.11 bits per heavy atom. The summed E-state index contributed by atoms with van der Waals surface area (Å²) >= 11 is 0. The molecule has 0 spiro atoms. The third-order valence-electron chi connectivity index (χ3n) is 7.79. The van der Waals surface area contributed by atoms with E-state index < -0.39 is 6.10 Å². The molecule has 0 aromatic heterocycles. The van der Waals surface area contributed by atoms with Gasteiger partial charge in [-0.05, 0) is 93.6 Å². The molecule has 6 rings (SSSR count). The highest BCUT2D eigenvalue weighted by Gasteiger charge is 2.52. The van der Waals surface area contributed by atoms with Crippen molar-refractivity contribution >= 4 is 17.6 Å². The normalized spacial score (nSPS) is 36.3. The Kier molecular flexibility index (Phi) is 4.29. The molecule has 0 radical (unpaired) electrons. The topological polar surface area (TPSA) is 46.6 Å². The summed E-state index contributed by atoms with van der Waals surface area (Å²) in [7, 11) is 0. The summed E-state index contributed by atoms with van der Waals surface area (Å²) in [5.74, 6) is 2.18. The molecule has 1 aromatic rings. The van der Waals surface area contributed by atoms with Crippen molar-refractivity contribution in [3.05, 3.63) is 29.8 Å². The number of anilines is 1. The van der Waals surface area contributed by atoms with Gasteiger partial charge >= 0.3 is 5.97 Å². The van der Waals surface area contributed by atoms with E-state index in [-0.39, 0.29) is 23.3 Å². The number of nitrogens with zero attached hydrogens (tertiary/aromatic N) is 1. The molecule has 4 aliphatic carbocycles. The van der Waals surface area contributed by atoms with Crippen LogP contribution in [0.5, 0.6) is 0 Å². The van der Waals surface area contributed by atoms with Crippen LogP contribution in [0.2, 0.25) is 0 Å². The summed E-state index contributed by atoms with van der Waals surface area (Å²) in [6.07, 6.45) is 8.30. The fourth-order valence-corrected chi connectivity index (χ4v) is 7.20. The Labute approximate surface area is 167 Å². The van der Waals surface area contributed by atoms with Gasteiger partial charge in [-0.3, -0.25) is 9.59 Å². The van der Waals surface area contributed by atoms with Gasteiger partial charge in [0.15, 0.2) is 6.10 Å². The van der Waals surface area contributed by atoms with Crippen molar-refractivity contribution in [3.63, 3.8) is 0 Å². The van der Waals surface area contributed by atoms with E-state index in [1.165, 1.54) is 44.1 Å². The van der Waals surface area contributed by atoms with E-state index >= 15 is 0 Å². The molecule has 4 heteroatoms. The summed E-state index contributed by atoms with van der Waals surface area (Å²) < 4.78 is 5.70. The maximum Gasteiger partial charge on any atom is 0.307 e. The first-order valence-corrected chi connectivity index (χ1v) is 11.0. The average Bonchev–Trinajstić information content (AvgIpc) is 2.94. The molecule has 2 atom stereocenters. The van der Waals surface area contributed by atoms with Crippen LogP contribution in [0.3, 0.4) is 0 Å². The standard InChI is InChI=1S/C24H31NO3/c1-15-7-20-5-3-4-6-21(20)25(15)23(27)16(2)28-22(26)14-24-11-17-8-18(12-24)10-19(9-17)13-24/h3-6,15-19H,7-14H2,1-2H3/t15-,16+,17?,18?,19?,24?/m0/s1. The lowest BCUT2D eigenvalue weighted by Crippen LogP contribution is -2.48. The van der Waals surface area contributed by atoms with Crippen LogP contribution in [0.15, 0.2) is 24.3 Å². The second-order valence-electron chi connectivity index (χ2n) is 10.1. The van der Waals surface area contributed by atoms with Crippen molar-refractivity contribution in [3.8, 4) is 0 Å². The average molecular weight is 382 g/mol. The second kappa shape index (κ2) is 6.60. The van der Waals surface area contributed by atoms with E-state index in [9.17, 15) is 9.59 Å². The zero-order valence-corrected chi connectivity index (χ0v) is 17.0. The summed E-state index contributed by atoms with van der Waals surface area (Å²) in [5, 5.41) is 0. The van der Waals surface area contributed by atoms with Crippen LogP contribution in [-0.2, 0) is 20.7 Å².